The van der Waals surface area contributed by atoms with Gasteiger partial charge in [-0.2, -0.15) is 8.42 Å². The van der Waals surface area contributed by atoms with Crippen molar-refractivity contribution in [2.24, 2.45) is 5.16 Å². The number of oxime groups is 1. The average molecular weight is 419 g/mol. The maximum Gasteiger partial charge on any atom is 1.00 e. The number of rotatable bonds is 3. The van der Waals surface area contributed by atoms with Crippen LogP contribution in [0.1, 0.15) is 22.3 Å². The van der Waals surface area contributed by atoms with E-state index in [4.69, 9.17) is 11.6 Å². The number of benzene rings is 2. The summed E-state index contributed by atoms with van der Waals surface area (Å²) < 4.78 is 35.9. The number of amides is 1. The van der Waals surface area contributed by atoms with Crippen molar-refractivity contribution in [3.8, 4) is 0 Å². The smallest absolute Gasteiger partial charge is 0.714 e. The van der Waals surface area contributed by atoms with Gasteiger partial charge in [0.15, 0.2) is 0 Å². The molecule has 0 saturated carbocycles. The third-order valence-electron chi connectivity index (χ3n) is 3.64. The molecule has 0 N–H and O–H groups in total. The molecular weight excluding hydrogens is 407 g/mol. The summed E-state index contributed by atoms with van der Waals surface area (Å²) in [5, 5.41) is 3.80. The third-order valence-corrected chi connectivity index (χ3v) is 4.13. The van der Waals surface area contributed by atoms with Crippen molar-refractivity contribution in [3.05, 3.63) is 64.7 Å². The van der Waals surface area contributed by atoms with E-state index in [-0.39, 0.29) is 76.0 Å². The van der Waals surface area contributed by atoms with Gasteiger partial charge in [-0.3, -0.25) is 9.08 Å². The first kappa shape index (κ1) is 21.5. The Kier molecular flexibility index (Phi) is 7.40. The SMILES string of the molecule is O=C(c1ccccc1)N1CC/C(=N/OS(=O)(=O)[O-])c2cc(Cl)ccc21.[K+]. The second-order valence-corrected chi connectivity index (χ2v) is 6.66. The van der Waals surface area contributed by atoms with E-state index in [1.807, 2.05) is 6.07 Å². The van der Waals surface area contributed by atoms with Crippen molar-refractivity contribution in [2.75, 3.05) is 11.4 Å². The predicted octanol–water partition coefficient (Wildman–Crippen LogP) is -0.425. The molecule has 10 heteroatoms. The van der Waals surface area contributed by atoms with Crippen LogP contribution in [-0.4, -0.2) is 31.1 Å². The van der Waals surface area contributed by atoms with Crippen molar-refractivity contribution in [1.29, 1.82) is 0 Å². The molecule has 26 heavy (non-hydrogen) atoms. The zero-order valence-electron chi connectivity index (χ0n) is 13.8. The molecule has 0 aliphatic carbocycles. The van der Waals surface area contributed by atoms with Crippen LogP contribution in [-0.2, 0) is 14.7 Å². The molecule has 7 nitrogen and oxygen atoms in total. The molecular formula is C16H12ClKN2O5S. The minimum Gasteiger partial charge on any atom is -0.714 e. The summed E-state index contributed by atoms with van der Waals surface area (Å²) in [5.74, 6) is -0.208. The van der Waals surface area contributed by atoms with Crippen molar-refractivity contribution in [1.82, 2.24) is 0 Å². The summed E-state index contributed by atoms with van der Waals surface area (Å²) in [6.07, 6.45) is 0.210. The Morgan fingerprint density at radius 1 is 1.19 bits per heavy atom. The van der Waals surface area contributed by atoms with Gasteiger partial charge in [0, 0.05) is 29.1 Å². The van der Waals surface area contributed by atoms with Crippen molar-refractivity contribution < 1.29 is 73.4 Å². The van der Waals surface area contributed by atoms with Gasteiger partial charge in [0.1, 0.15) is 0 Å². The van der Waals surface area contributed by atoms with Crippen molar-refractivity contribution in [3.63, 3.8) is 0 Å². The minimum atomic E-state index is -4.96. The second kappa shape index (κ2) is 8.94. The summed E-state index contributed by atoms with van der Waals surface area (Å²) in [6, 6.07) is 13.5. The van der Waals surface area contributed by atoms with Crippen LogP contribution in [0.5, 0.6) is 0 Å². The molecule has 0 aromatic heterocycles. The van der Waals surface area contributed by atoms with Crippen molar-refractivity contribution in [2.45, 2.75) is 6.42 Å². The summed E-state index contributed by atoms with van der Waals surface area (Å²) in [6.45, 7) is 0.253. The molecule has 2 aromatic rings. The van der Waals surface area contributed by atoms with Crippen LogP contribution in [0.2, 0.25) is 5.02 Å². The number of halogens is 1. The van der Waals surface area contributed by atoms with E-state index in [1.54, 1.807) is 47.4 Å². The Morgan fingerprint density at radius 3 is 2.54 bits per heavy atom. The van der Waals surface area contributed by atoms with E-state index in [1.165, 1.54) is 0 Å². The standard InChI is InChI=1S/C16H13ClN2O5S.K/c17-12-6-7-15-13(10-12)14(18-24-25(21,22)23)8-9-19(15)16(20)11-4-2-1-3-5-11;/h1-7,10H,8-9H2,(H,21,22,23);/q;+1/p-1/b18-14-;. The molecule has 1 aliphatic rings. The topological polar surface area (TPSA) is 99.1 Å². The molecule has 0 radical (unpaired) electrons. The number of fused-ring (bicyclic) bond motifs is 1. The van der Waals surface area contributed by atoms with E-state index in [9.17, 15) is 17.8 Å². The van der Waals surface area contributed by atoms with Gasteiger partial charge < -0.3 is 9.45 Å². The average Bonchev–Trinajstić information content (AvgIpc) is 2.59. The Hall–Kier alpha value is -0.784. The summed E-state index contributed by atoms with van der Waals surface area (Å²) >= 11 is 6.00. The molecule has 1 heterocycles. The van der Waals surface area contributed by atoms with E-state index in [0.29, 0.717) is 21.8 Å². The number of anilines is 1. The van der Waals surface area contributed by atoms with E-state index in [0.717, 1.165) is 0 Å². The maximum absolute atomic E-state index is 12.7. The van der Waals surface area contributed by atoms with Crippen LogP contribution in [0.25, 0.3) is 0 Å². The maximum atomic E-state index is 12.7. The molecule has 0 fully saturated rings. The molecule has 1 amide bonds. The quantitative estimate of drug-likeness (QED) is 0.291. The normalized spacial score (nSPS) is 15.2. The summed E-state index contributed by atoms with van der Waals surface area (Å²) in [5.41, 5.74) is 1.69. The molecule has 2 aromatic carbocycles. The van der Waals surface area contributed by atoms with E-state index >= 15 is 0 Å². The molecule has 130 valence electrons. The largest absolute Gasteiger partial charge is 1.00 e. The first-order chi connectivity index (χ1) is 11.8. The third kappa shape index (κ3) is 5.14. The van der Waals surface area contributed by atoms with Crippen LogP contribution in [0.15, 0.2) is 53.7 Å². The zero-order chi connectivity index (χ0) is 18.0. The molecule has 3 rings (SSSR count). The first-order valence-corrected chi connectivity index (χ1v) is 8.94. The number of carbonyl (C=O) groups excluding carboxylic acids is 1. The Balaban J connectivity index is 0.00000243. The van der Waals surface area contributed by atoms with Gasteiger partial charge in [0.25, 0.3) is 16.3 Å². The monoisotopic (exact) mass is 418 g/mol. The molecule has 0 spiro atoms. The van der Waals surface area contributed by atoms with Crippen molar-refractivity contribution >= 4 is 39.3 Å². The first-order valence-electron chi connectivity index (χ1n) is 7.23. The molecule has 0 unspecified atom stereocenters. The fourth-order valence-corrected chi connectivity index (χ4v) is 2.93. The van der Waals surface area contributed by atoms with Gasteiger partial charge in [0.05, 0.1) is 11.4 Å². The predicted molar refractivity (Wildman–Crippen MR) is 91.5 cm³/mol. The molecule has 1 aliphatic heterocycles. The molecule has 0 bridgehead atoms. The zero-order valence-corrected chi connectivity index (χ0v) is 18.5. The van der Waals surface area contributed by atoms with Gasteiger partial charge in [-0.15, -0.1) is 0 Å². The van der Waals surface area contributed by atoms with Crippen LogP contribution < -0.4 is 56.3 Å². The fraction of sp³-hybridized carbons (Fsp3) is 0.125. The van der Waals surface area contributed by atoms with Crippen LogP contribution in [0.3, 0.4) is 0 Å². The summed E-state index contributed by atoms with van der Waals surface area (Å²) in [4.78, 5) is 14.3. The van der Waals surface area contributed by atoms with Crippen LogP contribution in [0.4, 0.5) is 5.69 Å². The van der Waals surface area contributed by atoms with Gasteiger partial charge in [-0.25, -0.2) is 0 Å². The number of hydrogen-bond donors (Lipinski definition) is 0. The molecule has 0 saturated heterocycles. The fourth-order valence-electron chi connectivity index (χ4n) is 2.58. The number of hydrogen-bond acceptors (Lipinski definition) is 6. The number of carbonyl (C=O) groups is 1. The number of nitrogens with zero attached hydrogens (tertiary/aromatic N) is 2. The summed E-state index contributed by atoms with van der Waals surface area (Å²) in [7, 11) is -4.96. The minimum absolute atomic E-state index is 0. The van der Waals surface area contributed by atoms with Crippen LogP contribution >= 0.6 is 11.6 Å². The Labute approximate surface area is 198 Å². The van der Waals surface area contributed by atoms with Gasteiger partial charge in [0.2, 0.25) is 0 Å². The molecule has 0 atom stereocenters. The van der Waals surface area contributed by atoms with Gasteiger partial charge in [-0.05, 0) is 30.3 Å². The van der Waals surface area contributed by atoms with E-state index < -0.39 is 10.4 Å². The second-order valence-electron chi connectivity index (χ2n) is 5.26. The van der Waals surface area contributed by atoms with Gasteiger partial charge in [-0.1, -0.05) is 35.0 Å². The van der Waals surface area contributed by atoms with Crippen LogP contribution in [0, 0.1) is 0 Å². The Morgan fingerprint density at radius 2 is 1.88 bits per heavy atom. The van der Waals surface area contributed by atoms with E-state index in [2.05, 4.69) is 9.44 Å². The Bertz CT molecular complexity index is 950. The van der Waals surface area contributed by atoms with Gasteiger partial charge >= 0.3 is 51.4 Å².